The summed E-state index contributed by atoms with van der Waals surface area (Å²) in [6.45, 7) is 6.32. The Labute approximate surface area is 118 Å². The van der Waals surface area contributed by atoms with Crippen molar-refractivity contribution in [3.05, 3.63) is 22.2 Å². The number of nitrogens with zero attached hydrogens (tertiary/aromatic N) is 1. The highest BCUT2D eigenvalue weighted by Crippen LogP contribution is 2.13. The SMILES string of the molecule is CCC(CC)C(O)CNC(=O)/C=C/c1cnc(C)s1. The Morgan fingerprint density at radius 1 is 1.53 bits per heavy atom. The van der Waals surface area contributed by atoms with Gasteiger partial charge in [0.05, 0.1) is 11.1 Å². The van der Waals surface area contributed by atoms with E-state index in [1.54, 1.807) is 12.3 Å². The molecule has 0 aliphatic carbocycles. The number of thiazole rings is 1. The van der Waals surface area contributed by atoms with Gasteiger partial charge in [-0.25, -0.2) is 4.98 Å². The highest BCUT2D eigenvalue weighted by Gasteiger charge is 2.15. The number of rotatable bonds is 7. The Morgan fingerprint density at radius 3 is 2.74 bits per heavy atom. The molecule has 1 aromatic rings. The predicted octanol–water partition coefficient (Wildman–Crippen LogP) is 2.38. The molecule has 0 bridgehead atoms. The molecule has 1 amide bonds. The number of hydrogen-bond acceptors (Lipinski definition) is 4. The average molecular weight is 282 g/mol. The Kier molecular flexibility index (Phi) is 6.73. The molecule has 4 nitrogen and oxygen atoms in total. The number of amides is 1. The summed E-state index contributed by atoms with van der Waals surface area (Å²) < 4.78 is 0. The van der Waals surface area contributed by atoms with Crippen LogP contribution in [0.4, 0.5) is 0 Å². The van der Waals surface area contributed by atoms with E-state index in [2.05, 4.69) is 10.3 Å². The smallest absolute Gasteiger partial charge is 0.244 e. The molecule has 2 N–H and O–H groups in total. The van der Waals surface area contributed by atoms with E-state index in [1.807, 2.05) is 20.8 Å². The van der Waals surface area contributed by atoms with Gasteiger partial charge in [-0.1, -0.05) is 26.7 Å². The topological polar surface area (TPSA) is 62.2 Å². The van der Waals surface area contributed by atoms with Gasteiger partial charge in [0.25, 0.3) is 0 Å². The lowest BCUT2D eigenvalue weighted by Crippen LogP contribution is -2.35. The number of aromatic nitrogens is 1. The quantitative estimate of drug-likeness (QED) is 0.755. The van der Waals surface area contributed by atoms with Crippen molar-refractivity contribution in [1.82, 2.24) is 10.3 Å². The van der Waals surface area contributed by atoms with E-state index in [0.717, 1.165) is 22.7 Å². The second-order valence-electron chi connectivity index (χ2n) is 4.50. The fourth-order valence-electron chi connectivity index (χ4n) is 1.88. The van der Waals surface area contributed by atoms with Crippen molar-refractivity contribution in [2.45, 2.75) is 39.7 Å². The third-order valence-corrected chi connectivity index (χ3v) is 3.99. The van der Waals surface area contributed by atoms with E-state index in [1.165, 1.54) is 17.4 Å². The van der Waals surface area contributed by atoms with Crippen molar-refractivity contribution in [3.8, 4) is 0 Å². The van der Waals surface area contributed by atoms with Crippen LogP contribution in [0, 0.1) is 12.8 Å². The van der Waals surface area contributed by atoms with Gasteiger partial charge in [-0.3, -0.25) is 4.79 Å². The van der Waals surface area contributed by atoms with E-state index in [4.69, 9.17) is 0 Å². The third-order valence-electron chi connectivity index (χ3n) is 3.12. The first-order valence-electron chi connectivity index (χ1n) is 6.63. The lowest BCUT2D eigenvalue weighted by Gasteiger charge is -2.19. The van der Waals surface area contributed by atoms with Crippen molar-refractivity contribution in [3.63, 3.8) is 0 Å². The lowest BCUT2D eigenvalue weighted by atomic mass is 9.96. The predicted molar refractivity (Wildman–Crippen MR) is 79.0 cm³/mol. The van der Waals surface area contributed by atoms with Gasteiger partial charge in [0, 0.05) is 23.7 Å². The molecular formula is C14H22N2O2S. The van der Waals surface area contributed by atoms with Gasteiger partial charge in [-0.05, 0) is 18.9 Å². The molecule has 106 valence electrons. The van der Waals surface area contributed by atoms with Crippen molar-refractivity contribution < 1.29 is 9.90 Å². The van der Waals surface area contributed by atoms with Crippen molar-refractivity contribution >= 4 is 23.3 Å². The number of aliphatic hydroxyl groups excluding tert-OH is 1. The summed E-state index contributed by atoms with van der Waals surface area (Å²) in [6.07, 6.45) is 6.32. The molecule has 19 heavy (non-hydrogen) atoms. The van der Waals surface area contributed by atoms with Crippen LogP contribution in [-0.2, 0) is 4.79 Å². The van der Waals surface area contributed by atoms with Gasteiger partial charge in [0.15, 0.2) is 0 Å². The number of carbonyl (C=O) groups is 1. The van der Waals surface area contributed by atoms with Crippen LogP contribution < -0.4 is 5.32 Å². The molecule has 1 atom stereocenters. The summed E-state index contributed by atoms with van der Waals surface area (Å²) in [6, 6.07) is 0. The molecule has 0 aromatic carbocycles. The largest absolute Gasteiger partial charge is 0.391 e. The van der Waals surface area contributed by atoms with E-state index >= 15 is 0 Å². The first-order valence-corrected chi connectivity index (χ1v) is 7.44. The minimum atomic E-state index is -0.474. The van der Waals surface area contributed by atoms with E-state index in [9.17, 15) is 9.90 Å². The Bertz CT molecular complexity index is 425. The van der Waals surface area contributed by atoms with Gasteiger partial charge in [-0.15, -0.1) is 11.3 Å². The number of hydrogen-bond donors (Lipinski definition) is 2. The summed E-state index contributed by atoms with van der Waals surface area (Å²) in [5, 5.41) is 13.6. The monoisotopic (exact) mass is 282 g/mol. The summed E-state index contributed by atoms with van der Waals surface area (Å²) in [5.41, 5.74) is 0. The number of aryl methyl sites for hydroxylation is 1. The fraction of sp³-hybridized carbons (Fsp3) is 0.571. The molecule has 0 saturated carbocycles. The van der Waals surface area contributed by atoms with Crippen LogP contribution in [0.25, 0.3) is 6.08 Å². The van der Waals surface area contributed by atoms with Crippen LogP contribution in [-0.4, -0.2) is 28.6 Å². The fourth-order valence-corrected chi connectivity index (χ4v) is 2.56. The van der Waals surface area contributed by atoms with Gasteiger partial charge in [0.2, 0.25) is 5.91 Å². The zero-order valence-electron chi connectivity index (χ0n) is 11.7. The maximum absolute atomic E-state index is 11.6. The summed E-state index contributed by atoms with van der Waals surface area (Å²) in [7, 11) is 0. The zero-order valence-corrected chi connectivity index (χ0v) is 12.5. The average Bonchev–Trinajstić information content (AvgIpc) is 2.81. The Morgan fingerprint density at radius 2 is 2.21 bits per heavy atom. The zero-order chi connectivity index (χ0) is 14.3. The van der Waals surface area contributed by atoms with Crippen LogP contribution in [0.1, 0.15) is 36.6 Å². The first-order chi connectivity index (χ1) is 9.06. The number of aliphatic hydroxyl groups is 1. The molecular weight excluding hydrogens is 260 g/mol. The maximum Gasteiger partial charge on any atom is 0.244 e. The molecule has 1 heterocycles. The van der Waals surface area contributed by atoms with Crippen molar-refractivity contribution in [2.24, 2.45) is 5.92 Å². The van der Waals surface area contributed by atoms with Gasteiger partial charge < -0.3 is 10.4 Å². The molecule has 1 rings (SSSR count). The van der Waals surface area contributed by atoms with Crippen molar-refractivity contribution in [2.75, 3.05) is 6.54 Å². The Hall–Kier alpha value is -1.20. The highest BCUT2D eigenvalue weighted by atomic mass is 32.1. The van der Waals surface area contributed by atoms with Crippen molar-refractivity contribution in [1.29, 1.82) is 0 Å². The van der Waals surface area contributed by atoms with Gasteiger partial charge >= 0.3 is 0 Å². The maximum atomic E-state index is 11.6. The highest BCUT2D eigenvalue weighted by molar-refractivity contribution is 7.12. The molecule has 1 unspecified atom stereocenters. The molecule has 5 heteroatoms. The number of nitrogens with one attached hydrogen (secondary N) is 1. The summed E-state index contributed by atoms with van der Waals surface area (Å²) >= 11 is 1.54. The van der Waals surface area contributed by atoms with Crippen LogP contribution in [0.2, 0.25) is 0 Å². The first kappa shape index (κ1) is 15.9. The number of carbonyl (C=O) groups excluding carboxylic acids is 1. The Balaban J connectivity index is 2.37. The van der Waals surface area contributed by atoms with Crippen LogP contribution in [0.15, 0.2) is 12.3 Å². The minimum absolute atomic E-state index is 0.184. The lowest BCUT2D eigenvalue weighted by molar-refractivity contribution is -0.117. The molecule has 0 spiro atoms. The summed E-state index contributed by atoms with van der Waals surface area (Å²) in [4.78, 5) is 16.7. The van der Waals surface area contributed by atoms with Crippen LogP contribution >= 0.6 is 11.3 Å². The van der Waals surface area contributed by atoms with Gasteiger partial charge in [-0.2, -0.15) is 0 Å². The second kappa shape index (κ2) is 8.07. The normalized spacial score (nSPS) is 13.1. The standard InChI is InChI=1S/C14H22N2O2S/c1-4-11(5-2)13(17)9-16-14(18)7-6-12-8-15-10(3)19-12/h6-8,11,13,17H,4-5,9H2,1-3H3,(H,16,18)/b7-6+. The van der Waals surface area contributed by atoms with E-state index in [-0.39, 0.29) is 11.8 Å². The third kappa shape index (κ3) is 5.53. The second-order valence-corrected chi connectivity index (χ2v) is 5.77. The van der Waals surface area contributed by atoms with Crippen LogP contribution in [0.3, 0.4) is 0 Å². The van der Waals surface area contributed by atoms with E-state index in [0.29, 0.717) is 6.54 Å². The molecule has 0 aliphatic rings. The summed E-state index contributed by atoms with van der Waals surface area (Å²) in [5.74, 6) is 0.0597. The molecule has 0 fully saturated rings. The molecule has 1 aromatic heterocycles. The van der Waals surface area contributed by atoms with E-state index < -0.39 is 6.10 Å². The molecule has 0 aliphatic heterocycles. The molecule has 0 radical (unpaired) electrons. The van der Waals surface area contributed by atoms with Gasteiger partial charge in [0.1, 0.15) is 0 Å². The molecule has 0 saturated heterocycles. The van der Waals surface area contributed by atoms with Crippen LogP contribution in [0.5, 0.6) is 0 Å². The minimum Gasteiger partial charge on any atom is -0.391 e.